The molecule has 0 heterocycles. The molecule has 0 bridgehead atoms. The summed E-state index contributed by atoms with van der Waals surface area (Å²) in [4.78, 5) is 26.6. The van der Waals surface area contributed by atoms with Gasteiger partial charge in [0.05, 0.1) is 11.8 Å². The van der Waals surface area contributed by atoms with Gasteiger partial charge in [0.2, 0.25) is 0 Å². The normalized spacial score (nSPS) is 44.9. The SMILES string of the molecule is CC1=C[C@@H]2C([C@@H](C)C(=O)OC(=O)[C@@H](C)C3CC[C@@]4(C)C[C@@]45CCC(C)=C[C@@H]35)CC[C@@H](C)[C@@H]2CC1. The van der Waals surface area contributed by atoms with Crippen LogP contribution in [0.3, 0.4) is 0 Å². The third-order valence-corrected chi connectivity index (χ3v) is 11.6. The Hall–Kier alpha value is -1.38. The number of hydrogen-bond donors (Lipinski definition) is 0. The summed E-state index contributed by atoms with van der Waals surface area (Å²) in [6, 6.07) is 0. The Morgan fingerprint density at radius 1 is 0.912 bits per heavy atom. The van der Waals surface area contributed by atoms with Crippen LogP contribution in [0.5, 0.6) is 0 Å². The molecule has 0 amide bonds. The first-order valence-electron chi connectivity index (χ1n) is 14.2. The van der Waals surface area contributed by atoms with Crippen molar-refractivity contribution in [3.63, 3.8) is 0 Å². The minimum atomic E-state index is -0.288. The van der Waals surface area contributed by atoms with Crippen LogP contribution in [-0.2, 0) is 14.3 Å². The van der Waals surface area contributed by atoms with Crippen molar-refractivity contribution >= 4 is 11.9 Å². The van der Waals surface area contributed by atoms with Gasteiger partial charge >= 0.3 is 11.9 Å². The van der Waals surface area contributed by atoms with Gasteiger partial charge in [0.1, 0.15) is 0 Å². The molecule has 0 aromatic carbocycles. The Kier molecular flexibility index (Phi) is 6.17. The molecule has 0 aromatic heterocycles. The van der Waals surface area contributed by atoms with Crippen LogP contribution in [0.1, 0.15) is 99.3 Å². The van der Waals surface area contributed by atoms with E-state index in [2.05, 4.69) is 39.8 Å². The zero-order valence-electron chi connectivity index (χ0n) is 22.4. The first-order valence-corrected chi connectivity index (χ1v) is 14.2. The predicted octanol–water partition coefficient (Wildman–Crippen LogP) is 7.51. The van der Waals surface area contributed by atoms with Crippen LogP contribution in [0.25, 0.3) is 0 Å². The summed E-state index contributed by atoms with van der Waals surface area (Å²) < 4.78 is 5.67. The second-order valence-electron chi connectivity index (χ2n) is 13.5. The number of rotatable bonds is 4. The number of allylic oxidation sites excluding steroid dienone is 4. The highest BCUT2D eigenvalue weighted by atomic mass is 16.6. The Labute approximate surface area is 207 Å². The third-order valence-electron chi connectivity index (χ3n) is 11.6. The van der Waals surface area contributed by atoms with E-state index in [0.29, 0.717) is 46.3 Å². The Morgan fingerprint density at radius 3 is 2.32 bits per heavy atom. The largest absolute Gasteiger partial charge is 0.393 e. The average molecular weight is 467 g/mol. The number of ether oxygens (including phenoxy) is 1. The number of fused-ring (bicyclic) bond motifs is 1. The molecule has 5 aliphatic carbocycles. The first kappa shape index (κ1) is 24.3. The monoisotopic (exact) mass is 466 g/mol. The van der Waals surface area contributed by atoms with Crippen LogP contribution in [0.4, 0.5) is 0 Å². The summed E-state index contributed by atoms with van der Waals surface area (Å²) in [5, 5.41) is 0. The van der Waals surface area contributed by atoms with E-state index in [1.165, 1.54) is 56.1 Å². The molecule has 3 heteroatoms. The van der Waals surface area contributed by atoms with Crippen molar-refractivity contribution in [2.24, 2.45) is 58.2 Å². The molecular weight excluding hydrogens is 420 g/mol. The molecule has 3 fully saturated rings. The molecule has 0 aromatic rings. The van der Waals surface area contributed by atoms with Gasteiger partial charge in [-0.2, -0.15) is 0 Å². The van der Waals surface area contributed by atoms with Gasteiger partial charge < -0.3 is 4.74 Å². The minimum absolute atomic E-state index is 0.221. The molecule has 188 valence electrons. The number of carbonyl (C=O) groups excluding carboxylic acids is 2. The van der Waals surface area contributed by atoms with Crippen molar-refractivity contribution < 1.29 is 14.3 Å². The van der Waals surface area contributed by atoms with E-state index in [9.17, 15) is 9.59 Å². The number of carbonyl (C=O) groups is 2. The fourth-order valence-corrected chi connectivity index (χ4v) is 9.10. The molecular formula is C31H46O3. The van der Waals surface area contributed by atoms with Crippen molar-refractivity contribution in [2.75, 3.05) is 0 Å². The predicted molar refractivity (Wildman–Crippen MR) is 136 cm³/mol. The van der Waals surface area contributed by atoms with Crippen LogP contribution in [0.15, 0.2) is 23.3 Å². The molecule has 0 saturated heterocycles. The van der Waals surface area contributed by atoms with Crippen molar-refractivity contribution in [3.05, 3.63) is 23.3 Å². The maximum Gasteiger partial charge on any atom is 0.316 e. The molecule has 3 nitrogen and oxygen atoms in total. The van der Waals surface area contributed by atoms with E-state index in [4.69, 9.17) is 4.74 Å². The Bertz CT molecular complexity index is 914. The van der Waals surface area contributed by atoms with E-state index in [0.717, 1.165) is 12.8 Å². The molecule has 34 heavy (non-hydrogen) atoms. The molecule has 5 rings (SSSR count). The van der Waals surface area contributed by atoms with Gasteiger partial charge in [-0.15, -0.1) is 0 Å². The zero-order valence-corrected chi connectivity index (χ0v) is 22.4. The molecule has 3 saturated carbocycles. The van der Waals surface area contributed by atoms with Gasteiger partial charge in [-0.05, 0) is 112 Å². The lowest BCUT2D eigenvalue weighted by atomic mass is 9.59. The molecule has 5 aliphatic rings. The summed E-state index contributed by atoms with van der Waals surface area (Å²) in [5.41, 5.74) is 3.78. The van der Waals surface area contributed by atoms with Gasteiger partial charge in [-0.1, -0.05) is 57.4 Å². The lowest BCUT2D eigenvalue weighted by Gasteiger charge is -2.45. The van der Waals surface area contributed by atoms with Crippen LogP contribution in [0, 0.1) is 58.2 Å². The topological polar surface area (TPSA) is 43.4 Å². The standard InChI is InChI=1S/C31H46O3/c1-18-7-9-23-20(3)8-10-24(26(23)15-18)21(4)28(32)34-29(33)22(5)25-12-13-30(6)17-31(30)14-11-19(2)16-27(25)31/h15-16,20-27H,7-14,17H2,1-6H3/t20-,21-,22+,23+,24?,25?,26+,27+,30+,31-/m1/s1. The van der Waals surface area contributed by atoms with Gasteiger partial charge in [0, 0.05) is 0 Å². The van der Waals surface area contributed by atoms with E-state index in [1.54, 1.807) is 0 Å². The quantitative estimate of drug-likeness (QED) is 0.245. The first-order chi connectivity index (χ1) is 16.1. The second kappa shape index (κ2) is 8.63. The van der Waals surface area contributed by atoms with Crippen molar-refractivity contribution in [2.45, 2.75) is 99.3 Å². The maximum absolute atomic E-state index is 13.3. The third kappa shape index (κ3) is 3.84. The number of hydrogen-bond acceptors (Lipinski definition) is 3. The summed E-state index contributed by atoms with van der Waals surface area (Å²) in [6.45, 7) is 13.3. The van der Waals surface area contributed by atoms with Gasteiger partial charge in [0.15, 0.2) is 0 Å². The van der Waals surface area contributed by atoms with Gasteiger partial charge in [-0.25, -0.2) is 0 Å². The summed E-state index contributed by atoms with van der Waals surface area (Å²) in [5.74, 6) is 1.87. The second-order valence-corrected chi connectivity index (χ2v) is 13.5. The Morgan fingerprint density at radius 2 is 1.59 bits per heavy atom. The van der Waals surface area contributed by atoms with Crippen LogP contribution >= 0.6 is 0 Å². The van der Waals surface area contributed by atoms with Crippen LogP contribution < -0.4 is 0 Å². The fourth-order valence-electron chi connectivity index (χ4n) is 9.10. The highest BCUT2D eigenvalue weighted by Gasteiger charge is 2.70. The van der Waals surface area contributed by atoms with E-state index < -0.39 is 0 Å². The summed E-state index contributed by atoms with van der Waals surface area (Å²) in [6.07, 6.45) is 15.6. The number of esters is 2. The van der Waals surface area contributed by atoms with Crippen molar-refractivity contribution in [3.8, 4) is 0 Å². The highest BCUT2D eigenvalue weighted by molar-refractivity contribution is 5.88. The van der Waals surface area contributed by atoms with Crippen LogP contribution in [0.2, 0.25) is 0 Å². The smallest absolute Gasteiger partial charge is 0.316 e. The average Bonchev–Trinajstić information content (AvgIpc) is 3.42. The molecule has 1 spiro atoms. The maximum atomic E-state index is 13.3. The van der Waals surface area contributed by atoms with Gasteiger partial charge in [0.25, 0.3) is 0 Å². The van der Waals surface area contributed by atoms with E-state index >= 15 is 0 Å². The van der Waals surface area contributed by atoms with Gasteiger partial charge in [-0.3, -0.25) is 9.59 Å². The molecule has 0 radical (unpaired) electrons. The van der Waals surface area contributed by atoms with Crippen LogP contribution in [-0.4, -0.2) is 11.9 Å². The minimum Gasteiger partial charge on any atom is -0.393 e. The summed E-state index contributed by atoms with van der Waals surface area (Å²) >= 11 is 0. The molecule has 10 atom stereocenters. The van der Waals surface area contributed by atoms with E-state index in [1.807, 2.05) is 13.8 Å². The molecule has 0 N–H and O–H groups in total. The highest BCUT2D eigenvalue weighted by Crippen LogP contribution is 2.78. The molecule has 0 aliphatic heterocycles. The van der Waals surface area contributed by atoms with Crippen molar-refractivity contribution in [1.29, 1.82) is 0 Å². The Balaban J connectivity index is 1.26. The van der Waals surface area contributed by atoms with E-state index in [-0.39, 0.29) is 23.8 Å². The fraction of sp³-hybridized carbons (Fsp3) is 0.806. The summed E-state index contributed by atoms with van der Waals surface area (Å²) in [7, 11) is 0. The lowest BCUT2D eigenvalue weighted by Crippen LogP contribution is -2.42. The zero-order chi connectivity index (χ0) is 24.4. The molecule has 2 unspecified atom stereocenters. The lowest BCUT2D eigenvalue weighted by molar-refractivity contribution is -0.169. The van der Waals surface area contributed by atoms with Crippen molar-refractivity contribution in [1.82, 2.24) is 0 Å².